The summed E-state index contributed by atoms with van der Waals surface area (Å²) < 4.78 is 2.34. The molecule has 2 heteroatoms. The maximum absolute atomic E-state index is 10.0. The van der Waals surface area contributed by atoms with Crippen LogP contribution in [-0.4, -0.2) is 28.2 Å². The molecule has 1 saturated carbocycles. The third kappa shape index (κ3) is 1.49. The summed E-state index contributed by atoms with van der Waals surface area (Å²) in [5.41, 5.74) is 0. The Hall–Kier alpha value is -0.530. The van der Waals surface area contributed by atoms with Gasteiger partial charge in [0.1, 0.15) is 6.54 Å². The van der Waals surface area contributed by atoms with Gasteiger partial charge in [0, 0.05) is 18.3 Å². The molecular weight excluding hydrogens is 186 g/mol. The lowest BCUT2D eigenvalue weighted by atomic mass is 9.71. The molecule has 0 spiro atoms. The van der Waals surface area contributed by atoms with Crippen LogP contribution in [0.3, 0.4) is 0 Å². The Labute approximate surface area is 92.0 Å². The topological polar surface area (TPSA) is 23.2 Å². The van der Waals surface area contributed by atoms with Gasteiger partial charge in [0.2, 0.25) is 0 Å². The monoisotopic (exact) mass is 208 g/mol. The summed E-state index contributed by atoms with van der Waals surface area (Å²) in [5, 5.41) is 10.0. The van der Waals surface area contributed by atoms with Gasteiger partial charge in [-0.25, -0.2) is 0 Å². The van der Waals surface area contributed by atoms with Gasteiger partial charge in [0.15, 0.2) is 6.04 Å². The molecule has 1 aliphatic carbocycles. The number of hydrogen-bond acceptors (Lipinski definition) is 0. The highest BCUT2D eigenvalue weighted by Crippen LogP contribution is 2.43. The Morgan fingerprint density at radius 2 is 1.93 bits per heavy atom. The molecule has 1 saturated heterocycles. The van der Waals surface area contributed by atoms with Gasteiger partial charge in [-0.1, -0.05) is 6.92 Å². The maximum atomic E-state index is 10.0. The molecule has 3 rings (SSSR count). The lowest BCUT2D eigenvalue weighted by Gasteiger charge is -2.32. The van der Waals surface area contributed by atoms with Crippen molar-refractivity contribution in [2.24, 2.45) is 17.8 Å². The van der Waals surface area contributed by atoms with E-state index in [0.29, 0.717) is 11.9 Å². The average Bonchev–Trinajstić information content (AvgIpc) is 2.53. The minimum absolute atomic E-state index is 0.694. The summed E-state index contributed by atoms with van der Waals surface area (Å²) in [6.45, 7) is 3.53. The van der Waals surface area contributed by atoms with Gasteiger partial charge in [-0.15, -0.1) is 0 Å². The van der Waals surface area contributed by atoms with Crippen LogP contribution in [0.15, 0.2) is 0 Å². The molecule has 0 amide bonds. The Kier molecular flexibility index (Phi) is 2.26. The van der Waals surface area contributed by atoms with Crippen LogP contribution in [0.5, 0.6) is 0 Å². The molecule has 0 aromatic rings. The number of nitrogens with zero attached hydrogens (tertiary/aromatic N) is 1. The summed E-state index contributed by atoms with van der Waals surface area (Å²) >= 11 is 0. The molecule has 2 nitrogen and oxygen atoms in total. The second kappa shape index (κ2) is 3.50. The van der Waals surface area contributed by atoms with E-state index in [2.05, 4.69) is 11.5 Å². The summed E-state index contributed by atoms with van der Waals surface area (Å²) in [4.78, 5) is 0. The predicted octanol–water partition coefficient (Wildman–Crippen LogP) is 2.57. The Bertz CT molecular complexity index is 297. The first-order chi connectivity index (χ1) is 7.25. The van der Waals surface area contributed by atoms with E-state index in [0.717, 1.165) is 30.7 Å². The van der Waals surface area contributed by atoms with Crippen molar-refractivity contribution in [3.05, 3.63) is 0 Å². The van der Waals surface area contributed by atoms with Crippen molar-refractivity contribution in [3.63, 3.8) is 0 Å². The van der Waals surface area contributed by atoms with Crippen molar-refractivity contribution in [3.8, 4) is 0 Å². The van der Waals surface area contributed by atoms with Crippen molar-refractivity contribution in [2.75, 3.05) is 6.54 Å². The van der Waals surface area contributed by atoms with Crippen molar-refractivity contribution in [1.82, 2.24) is 0 Å². The predicted molar refractivity (Wildman–Crippen MR) is 60.4 cm³/mol. The number of hydrogen-bond donors (Lipinski definition) is 1. The zero-order valence-corrected chi connectivity index (χ0v) is 9.65. The molecule has 4 atom stereocenters. The molecule has 0 bridgehead atoms. The van der Waals surface area contributed by atoms with E-state index in [1.807, 2.05) is 0 Å². The van der Waals surface area contributed by atoms with Crippen LogP contribution in [0.2, 0.25) is 0 Å². The minimum atomic E-state index is 0.694. The third-order valence-corrected chi connectivity index (χ3v) is 4.78. The highest BCUT2D eigenvalue weighted by Gasteiger charge is 2.49. The lowest BCUT2D eigenvalue weighted by Crippen LogP contribution is -2.39. The van der Waals surface area contributed by atoms with Crippen LogP contribution < -0.4 is 0 Å². The fourth-order valence-corrected chi connectivity index (χ4v) is 4.30. The first-order valence-corrected chi connectivity index (χ1v) is 6.57. The fraction of sp³-hybridized carbons (Fsp3) is 0.923. The summed E-state index contributed by atoms with van der Waals surface area (Å²) in [6, 6.07) is 0.698. The highest BCUT2D eigenvalue weighted by atomic mass is 16.3. The zero-order valence-electron chi connectivity index (χ0n) is 9.65. The maximum Gasteiger partial charge on any atom is 0.334 e. The Balaban J connectivity index is 1.95. The molecule has 84 valence electrons. The van der Waals surface area contributed by atoms with E-state index in [9.17, 15) is 5.11 Å². The Morgan fingerprint density at radius 3 is 2.73 bits per heavy atom. The molecule has 2 aliphatic heterocycles. The van der Waals surface area contributed by atoms with Crippen LogP contribution in [0, 0.1) is 17.8 Å². The molecule has 15 heavy (non-hydrogen) atoms. The van der Waals surface area contributed by atoms with Gasteiger partial charge in [-0.3, -0.25) is 0 Å². The van der Waals surface area contributed by atoms with E-state index >= 15 is 0 Å². The largest absolute Gasteiger partial charge is 0.464 e. The Morgan fingerprint density at radius 1 is 1.20 bits per heavy atom. The highest BCUT2D eigenvalue weighted by molar-refractivity contribution is 5.68. The second-order valence-electron chi connectivity index (χ2n) is 5.88. The van der Waals surface area contributed by atoms with Gasteiger partial charge < -0.3 is 5.11 Å². The summed E-state index contributed by atoms with van der Waals surface area (Å²) in [6.07, 6.45) is 7.56. The number of rotatable bonds is 0. The molecular formula is C13H22NO+. The smallest absolute Gasteiger partial charge is 0.334 e. The fourth-order valence-electron chi connectivity index (χ4n) is 4.30. The first kappa shape index (κ1) is 9.68. The van der Waals surface area contributed by atoms with E-state index in [1.165, 1.54) is 32.1 Å². The molecule has 3 aliphatic rings. The second-order valence-corrected chi connectivity index (χ2v) is 5.88. The van der Waals surface area contributed by atoms with Gasteiger partial charge in [-0.2, -0.15) is 4.58 Å². The van der Waals surface area contributed by atoms with E-state index < -0.39 is 0 Å². The standard InChI is InChI=1S/C13H21NO/c1-9-7-10-3-2-4-12(15)14-6-5-11(8-9)13(10)14/h9-11,13H,2-8H2,1H3/p+1/t9?,10-,11+,13-/m1/s1. The molecule has 1 unspecified atom stereocenters. The van der Waals surface area contributed by atoms with Crippen molar-refractivity contribution < 1.29 is 9.68 Å². The minimum Gasteiger partial charge on any atom is -0.464 e. The number of aliphatic hydroxyl groups is 1. The molecule has 0 aromatic heterocycles. The molecule has 0 aromatic carbocycles. The summed E-state index contributed by atoms with van der Waals surface area (Å²) in [5.74, 6) is 3.35. The van der Waals surface area contributed by atoms with Crippen LogP contribution >= 0.6 is 0 Å². The third-order valence-electron chi connectivity index (χ3n) is 4.78. The molecule has 1 N–H and O–H groups in total. The van der Waals surface area contributed by atoms with Gasteiger partial charge in [0.25, 0.3) is 0 Å². The van der Waals surface area contributed by atoms with Crippen LogP contribution in [0.1, 0.15) is 45.4 Å². The van der Waals surface area contributed by atoms with E-state index in [1.54, 1.807) is 0 Å². The normalized spacial score (nSPS) is 45.1. The van der Waals surface area contributed by atoms with Crippen molar-refractivity contribution in [1.29, 1.82) is 0 Å². The van der Waals surface area contributed by atoms with Crippen LogP contribution in [0.4, 0.5) is 0 Å². The van der Waals surface area contributed by atoms with Crippen molar-refractivity contribution in [2.45, 2.75) is 51.5 Å². The molecule has 2 fully saturated rings. The molecule has 2 heterocycles. The van der Waals surface area contributed by atoms with Crippen LogP contribution in [-0.2, 0) is 0 Å². The lowest BCUT2D eigenvalue weighted by molar-refractivity contribution is -0.565. The van der Waals surface area contributed by atoms with E-state index in [4.69, 9.17) is 0 Å². The van der Waals surface area contributed by atoms with Gasteiger partial charge in [-0.05, 0) is 31.6 Å². The first-order valence-electron chi connectivity index (χ1n) is 6.57. The SMILES string of the molecule is CC1C[C@H]2CCCC(O)=[N+]3CC[C@@H](C1)[C@@H]23. The average molecular weight is 208 g/mol. The number of aliphatic hydroxyl groups excluding tert-OH is 1. The quantitative estimate of drug-likeness (QED) is 0.608. The molecule has 0 radical (unpaired) electrons. The summed E-state index contributed by atoms with van der Waals surface area (Å²) in [7, 11) is 0. The van der Waals surface area contributed by atoms with Gasteiger partial charge in [0.05, 0.1) is 6.42 Å². The van der Waals surface area contributed by atoms with Gasteiger partial charge >= 0.3 is 5.90 Å². The van der Waals surface area contributed by atoms with E-state index in [-0.39, 0.29) is 0 Å². The zero-order chi connectivity index (χ0) is 10.4. The van der Waals surface area contributed by atoms with Crippen molar-refractivity contribution >= 4 is 5.90 Å². The van der Waals surface area contributed by atoms with Crippen LogP contribution in [0.25, 0.3) is 0 Å².